The molecule has 0 N–H and O–H groups in total. The van der Waals surface area contributed by atoms with Crippen LogP contribution in [0.25, 0.3) is 0 Å². The van der Waals surface area contributed by atoms with Crippen molar-refractivity contribution < 1.29 is 0 Å². The van der Waals surface area contributed by atoms with Crippen LogP contribution in [0.2, 0.25) is 0 Å². The molecule has 0 spiro atoms. The molecule has 0 atom stereocenters. The monoisotopic (exact) mass is 167 g/mol. The molecule has 1 aromatic rings. The molecule has 0 bridgehead atoms. The molecule has 12 heavy (non-hydrogen) atoms. The molecule has 1 rings (SSSR count). The molecule has 0 saturated heterocycles. The van der Waals surface area contributed by atoms with Crippen LogP contribution in [0.5, 0.6) is 0 Å². The minimum Gasteiger partial charge on any atom is -0.347 e. The van der Waals surface area contributed by atoms with E-state index < -0.39 is 0 Å². The predicted octanol–water partition coefficient (Wildman–Crippen LogP) is 3.58. The fraction of sp³-hybridized carbons (Fsp3) is 0.636. The first-order valence-corrected chi connectivity index (χ1v) is 4.66. The molecule has 0 aliphatic heterocycles. The highest BCUT2D eigenvalue weighted by Crippen LogP contribution is 2.16. The van der Waals surface area contributed by atoms with Crippen LogP contribution in [0.4, 0.5) is 0 Å². The van der Waals surface area contributed by atoms with Gasteiger partial charge in [0.1, 0.15) is 0 Å². The summed E-state index contributed by atoms with van der Waals surface area (Å²) in [6, 6.07) is 4.21. The quantitative estimate of drug-likeness (QED) is 0.556. The topological polar surface area (TPSA) is 4.93 Å². The number of rotatable bonds is 0. The van der Waals surface area contributed by atoms with Crippen molar-refractivity contribution in [3.63, 3.8) is 0 Å². The molecule has 1 aromatic heterocycles. The Morgan fingerprint density at radius 3 is 1.83 bits per heavy atom. The summed E-state index contributed by atoms with van der Waals surface area (Å²) in [6.07, 6.45) is 2.12. The molecule has 0 aromatic carbocycles. The van der Waals surface area contributed by atoms with Gasteiger partial charge in [-0.2, -0.15) is 0 Å². The number of hydrogen-bond acceptors (Lipinski definition) is 0. The zero-order chi connectivity index (χ0) is 9.78. The van der Waals surface area contributed by atoms with E-state index in [-0.39, 0.29) is 5.54 Å². The SMILES string of the molecule is CC.Cc1cccn1C(C)(C)C. The summed E-state index contributed by atoms with van der Waals surface area (Å²) < 4.78 is 2.27. The van der Waals surface area contributed by atoms with Crippen molar-refractivity contribution in [1.82, 2.24) is 4.57 Å². The summed E-state index contributed by atoms with van der Waals surface area (Å²) in [5.41, 5.74) is 1.56. The molecule has 0 saturated carbocycles. The van der Waals surface area contributed by atoms with Gasteiger partial charge in [-0.05, 0) is 39.8 Å². The Morgan fingerprint density at radius 1 is 1.17 bits per heavy atom. The molecular formula is C11H21N. The standard InChI is InChI=1S/C9H15N.C2H6/c1-8-6-5-7-10(8)9(2,3)4;1-2/h5-7H,1-4H3;1-2H3. The molecule has 0 aliphatic carbocycles. The maximum atomic E-state index is 2.27. The largest absolute Gasteiger partial charge is 0.347 e. The van der Waals surface area contributed by atoms with Crippen LogP contribution in [0.1, 0.15) is 40.3 Å². The van der Waals surface area contributed by atoms with Gasteiger partial charge in [0.05, 0.1) is 0 Å². The van der Waals surface area contributed by atoms with Gasteiger partial charge in [0.15, 0.2) is 0 Å². The van der Waals surface area contributed by atoms with Gasteiger partial charge in [0.2, 0.25) is 0 Å². The van der Waals surface area contributed by atoms with Crippen LogP contribution in [-0.2, 0) is 5.54 Å². The maximum Gasteiger partial charge on any atom is 0.0358 e. The molecule has 0 aliphatic rings. The Bertz CT molecular complexity index is 215. The van der Waals surface area contributed by atoms with Crippen LogP contribution < -0.4 is 0 Å². The van der Waals surface area contributed by atoms with Gasteiger partial charge in [-0.1, -0.05) is 13.8 Å². The molecule has 0 radical (unpaired) electrons. The Morgan fingerprint density at radius 2 is 1.67 bits per heavy atom. The first-order valence-electron chi connectivity index (χ1n) is 4.66. The normalized spacial score (nSPS) is 10.5. The molecule has 70 valence electrons. The molecule has 0 fully saturated rings. The average Bonchev–Trinajstić information content (AvgIpc) is 2.38. The van der Waals surface area contributed by atoms with Gasteiger partial charge < -0.3 is 4.57 Å². The van der Waals surface area contributed by atoms with Gasteiger partial charge in [0.25, 0.3) is 0 Å². The summed E-state index contributed by atoms with van der Waals surface area (Å²) in [5, 5.41) is 0. The van der Waals surface area contributed by atoms with Crippen molar-refractivity contribution in [2.75, 3.05) is 0 Å². The highest BCUT2D eigenvalue weighted by atomic mass is 15.0. The second-order valence-corrected chi connectivity index (χ2v) is 3.69. The van der Waals surface area contributed by atoms with E-state index in [0.29, 0.717) is 0 Å². The van der Waals surface area contributed by atoms with Gasteiger partial charge in [0, 0.05) is 17.4 Å². The first-order chi connectivity index (χ1) is 5.52. The number of nitrogens with zero attached hydrogens (tertiary/aromatic N) is 1. The van der Waals surface area contributed by atoms with Gasteiger partial charge in [-0.3, -0.25) is 0 Å². The van der Waals surface area contributed by atoms with E-state index in [4.69, 9.17) is 0 Å². The summed E-state index contributed by atoms with van der Waals surface area (Å²) in [6.45, 7) is 12.8. The van der Waals surface area contributed by atoms with Crippen molar-refractivity contribution in [2.45, 2.75) is 47.1 Å². The van der Waals surface area contributed by atoms with Gasteiger partial charge in [-0.15, -0.1) is 0 Å². The van der Waals surface area contributed by atoms with Crippen LogP contribution in [-0.4, -0.2) is 4.57 Å². The number of aryl methyl sites for hydroxylation is 1. The Hall–Kier alpha value is -0.720. The molecule has 0 unspecified atom stereocenters. The Kier molecular flexibility index (Phi) is 4.08. The van der Waals surface area contributed by atoms with E-state index in [0.717, 1.165) is 0 Å². The highest BCUT2D eigenvalue weighted by molar-refractivity contribution is 5.07. The lowest BCUT2D eigenvalue weighted by molar-refractivity contribution is 0.391. The average molecular weight is 167 g/mol. The molecule has 1 nitrogen and oxygen atoms in total. The zero-order valence-electron chi connectivity index (χ0n) is 9.18. The maximum absolute atomic E-state index is 2.27. The van der Waals surface area contributed by atoms with Crippen LogP contribution in [0.15, 0.2) is 18.3 Å². The third kappa shape index (κ3) is 2.72. The molecule has 1 heterocycles. The summed E-state index contributed by atoms with van der Waals surface area (Å²) in [5.74, 6) is 0. The second-order valence-electron chi connectivity index (χ2n) is 3.69. The minimum absolute atomic E-state index is 0.230. The van der Waals surface area contributed by atoms with Crippen molar-refractivity contribution in [3.8, 4) is 0 Å². The number of aromatic nitrogens is 1. The lowest BCUT2D eigenvalue weighted by Crippen LogP contribution is -2.21. The lowest BCUT2D eigenvalue weighted by Gasteiger charge is -2.23. The van der Waals surface area contributed by atoms with E-state index in [2.05, 4.69) is 50.6 Å². The molecule has 1 heteroatoms. The fourth-order valence-electron chi connectivity index (χ4n) is 1.22. The van der Waals surface area contributed by atoms with Crippen LogP contribution >= 0.6 is 0 Å². The lowest BCUT2D eigenvalue weighted by atomic mass is 10.1. The van der Waals surface area contributed by atoms with Crippen molar-refractivity contribution in [2.24, 2.45) is 0 Å². The Balaban J connectivity index is 0.000000561. The number of hydrogen-bond donors (Lipinski definition) is 0. The first kappa shape index (κ1) is 11.3. The summed E-state index contributed by atoms with van der Waals surface area (Å²) in [4.78, 5) is 0. The predicted molar refractivity (Wildman–Crippen MR) is 55.5 cm³/mol. The van der Waals surface area contributed by atoms with E-state index in [1.54, 1.807) is 0 Å². The highest BCUT2D eigenvalue weighted by Gasteiger charge is 2.12. The summed E-state index contributed by atoms with van der Waals surface area (Å²) in [7, 11) is 0. The molecular weight excluding hydrogens is 146 g/mol. The molecule has 0 amide bonds. The minimum atomic E-state index is 0.230. The second kappa shape index (κ2) is 4.34. The van der Waals surface area contributed by atoms with E-state index in [1.807, 2.05) is 13.8 Å². The third-order valence-electron chi connectivity index (χ3n) is 1.68. The fourth-order valence-corrected chi connectivity index (χ4v) is 1.22. The van der Waals surface area contributed by atoms with E-state index in [1.165, 1.54) is 5.69 Å². The van der Waals surface area contributed by atoms with Crippen LogP contribution in [0, 0.1) is 6.92 Å². The van der Waals surface area contributed by atoms with Crippen molar-refractivity contribution in [1.29, 1.82) is 0 Å². The van der Waals surface area contributed by atoms with Gasteiger partial charge >= 0.3 is 0 Å². The Labute approximate surface area is 76.4 Å². The van der Waals surface area contributed by atoms with Crippen molar-refractivity contribution in [3.05, 3.63) is 24.0 Å². The van der Waals surface area contributed by atoms with E-state index >= 15 is 0 Å². The van der Waals surface area contributed by atoms with E-state index in [9.17, 15) is 0 Å². The van der Waals surface area contributed by atoms with Crippen LogP contribution in [0.3, 0.4) is 0 Å². The third-order valence-corrected chi connectivity index (χ3v) is 1.68. The van der Waals surface area contributed by atoms with Gasteiger partial charge in [-0.25, -0.2) is 0 Å². The van der Waals surface area contributed by atoms with Crippen molar-refractivity contribution >= 4 is 0 Å². The zero-order valence-corrected chi connectivity index (χ0v) is 9.18. The summed E-state index contributed by atoms with van der Waals surface area (Å²) >= 11 is 0. The smallest absolute Gasteiger partial charge is 0.0358 e.